The zero-order valence-corrected chi connectivity index (χ0v) is 11.6. The normalized spacial score (nSPS) is 10.4. The topological polar surface area (TPSA) is 85.1 Å². The summed E-state index contributed by atoms with van der Waals surface area (Å²) in [5.74, 6) is -1.08. The van der Waals surface area contributed by atoms with Gasteiger partial charge in [0.2, 0.25) is 0 Å². The third kappa shape index (κ3) is 3.05. The number of aromatic nitrogens is 3. The van der Waals surface area contributed by atoms with Gasteiger partial charge in [-0.25, -0.2) is 14.8 Å². The van der Waals surface area contributed by atoms with Crippen LogP contribution >= 0.6 is 11.8 Å². The van der Waals surface area contributed by atoms with Gasteiger partial charge in [0, 0.05) is 25.1 Å². The van der Waals surface area contributed by atoms with E-state index in [1.54, 1.807) is 16.8 Å². The number of aryl methyl sites for hydroxylation is 1. The van der Waals surface area contributed by atoms with Crippen LogP contribution in [-0.2, 0) is 6.54 Å². The second-order valence-electron chi connectivity index (χ2n) is 3.99. The molecule has 0 radical (unpaired) electrons. The van der Waals surface area contributed by atoms with Crippen LogP contribution in [0.15, 0.2) is 45.6 Å². The first kappa shape index (κ1) is 14.3. The highest BCUT2D eigenvalue weighted by Crippen LogP contribution is 2.24. The summed E-state index contributed by atoms with van der Waals surface area (Å²) in [5, 5.41) is 9.58. The third-order valence-electron chi connectivity index (χ3n) is 2.54. The van der Waals surface area contributed by atoms with E-state index in [0.29, 0.717) is 6.54 Å². The molecule has 7 heteroatoms. The lowest BCUT2D eigenvalue weighted by Gasteiger charge is -2.06. The monoisotopic (exact) mass is 291 g/mol. The van der Waals surface area contributed by atoms with E-state index in [2.05, 4.69) is 9.97 Å². The number of carbonyl (C=O) groups is 1. The van der Waals surface area contributed by atoms with Gasteiger partial charge < -0.3 is 9.67 Å². The fourth-order valence-electron chi connectivity index (χ4n) is 1.64. The highest BCUT2D eigenvalue weighted by atomic mass is 32.2. The fraction of sp³-hybridized carbons (Fsp3) is 0.231. The van der Waals surface area contributed by atoms with Gasteiger partial charge in [-0.15, -0.1) is 0 Å². The summed E-state index contributed by atoms with van der Waals surface area (Å²) in [5.41, 5.74) is -0.175. The molecule has 0 aliphatic heterocycles. The average molecular weight is 291 g/mol. The van der Waals surface area contributed by atoms with E-state index in [-0.39, 0.29) is 21.2 Å². The summed E-state index contributed by atoms with van der Waals surface area (Å²) in [6, 6.07) is 2.99. The van der Waals surface area contributed by atoms with Crippen molar-refractivity contribution < 1.29 is 9.90 Å². The first-order chi connectivity index (χ1) is 9.63. The number of pyridine rings is 1. The van der Waals surface area contributed by atoms with E-state index in [9.17, 15) is 9.59 Å². The molecule has 0 aromatic carbocycles. The van der Waals surface area contributed by atoms with E-state index >= 15 is 0 Å². The number of carboxylic acid groups (broad SMARTS) is 1. The first-order valence-corrected chi connectivity index (χ1v) is 6.86. The molecular weight excluding hydrogens is 278 g/mol. The zero-order valence-electron chi connectivity index (χ0n) is 10.8. The lowest BCUT2D eigenvalue weighted by molar-refractivity contribution is 0.0692. The lowest BCUT2D eigenvalue weighted by Crippen LogP contribution is -2.22. The van der Waals surface area contributed by atoms with Crippen LogP contribution in [0.25, 0.3) is 0 Å². The van der Waals surface area contributed by atoms with Crippen molar-refractivity contribution in [2.24, 2.45) is 0 Å². The van der Waals surface area contributed by atoms with Crippen molar-refractivity contribution in [1.29, 1.82) is 0 Å². The number of aromatic carboxylic acids is 1. The minimum atomic E-state index is -1.08. The number of hydrogen-bond donors (Lipinski definition) is 1. The Morgan fingerprint density at radius 2 is 2.10 bits per heavy atom. The molecule has 0 aliphatic rings. The van der Waals surface area contributed by atoms with Gasteiger partial charge in [0.1, 0.15) is 5.03 Å². The maximum absolute atomic E-state index is 12.1. The van der Waals surface area contributed by atoms with Crippen molar-refractivity contribution in [1.82, 2.24) is 14.5 Å². The minimum Gasteiger partial charge on any atom is -0.478 e. The SMILES string of the molecule is CCCn1ccnc(Sc2ncccc2C(=O)O)c1=O. The van der Waals surface area contributed by atoms with Gasteiger partial charge in [-0.05, 0) is 30.3 Å². The lowest BCUT2D eigenvalue weighted by atomic mass is 10.3. The summed E-state index contributed by atoms with van der Waals surface area (Å²) >= 11 is 0.973. The maximum Gasteiger partial charge on any atom is 0.338 e. The van der Waals surface area contributed by atoms with Crippen LogP contribution < -0.4 is 5.56 Å². The van der Waals surface area contributed by atoms with Crippen molar-refractivity contribution in [2.75, 3.05) is 0 Å². The molecule has 2 rings (SSSR count). The zero-order chi connectivity index (χ0) is 14.5. The fourth-order valence-corrected chi connectivity index (χ4v) is 2.52. The highest BCUT2D eigenvalue weighted by molar-refractivity contribution is 7.99. The Hall–Kier alpha value is -2.15. The Bertz CT molecular complexity index is 685. The van der Waals surface area contributed by atoms with E-state index in [1.165, 1.54) is 18.5 Å². The molecule has 0 aliphatic carbocycles. The smallest absolute Gasteiger partial charge is 0.338 e. The summed E-state index contributed by atoms with van der Waals surface area (Å²) in [6.45, 7) is 2.57. The van der Waals surface area contributed by atoms with Crippen LogP contribution in [0.2, 0.25) is 0 Å². The maximum atomic E-state index is 12.1. The van der Waals surface area contributed by atoms with E-state index < -0.39 is 5.97 Å². The Morgan fingerprint density at radius 1 is 1.35 bits per heavy atom. The summed E-state index contributed by atoms with van der Waals surface area (Å²) in [7, 11) is 0. The predicted molar refractivity (Wildman–Crippen MR) is 74.1 cm³/mol. The first-order valence-electron chi connectivity index (χ1n) is 6.05. The van der Waals surface area contributed by atoms with Gasteiger partial charge in [0.25, 0.3) is 5.56 Å². The number of carboxylic acids is 1. The minimum absolute atomic E-state index is 0.0598. The molecule has 2 aromatic rings. The molecule has 2 heterocycles. The van der Waals surface area contributed by atoms with E-state index in [0.717, 1.165) is 18.2 Å². The Labute approximate surface area is 119 Å². The molecule has 0 bridgehead atoms. The largest absolute Gasteiger partial charge is 0.478 e. The summed E-state index contributed by atoms with van der Waals surface area (Å²) in [6.07, 6.45) is 5.47. The molecule has 0 saturated heterocycles. The van der Waals surface area contributed by atoms with Crippen LogP contribution in [0.5, 0.6) is 0 Å². The predicted octanol–water partition coefficient (Wildman–Crippen LogP) is 1.90. The van der Waals surface area contributed by atoms with Gasteiger partial charge >= 0.3 is 5.97 Å². The van der Waals surface area contributed by atoms with Crippen LogP contribution in [-0.4, -0.2) is 25.6 Å². The van der Waals surface area contributed by atoms with Crippen LogP contribution in [0.3, 0.4) is 0 Å². The molecule has 1 N–H and O–H groups in total. The second-order valence-corrected chi connectivity index (χ2v) is 4.97. The van der Waals surface area contributed by atoms with Crippen molar-refractivity contribution in [2.45, 2.75) is 29.9 Å². The standard InChI is InChI=1S/C13H13N3O3S/c1-2-7-16-8-6-15-11(12(16)17)20-10-9(13(18)19)4-3-5-14-10/h3-6,8H,2,7H2,1H3,(H,18,19). The molecule has 20 heavy (non-hydrogen) atoms. The van der Waals surface area contributed by atoms with Crippen LogP contribution in [0, 0.1) is 0 Å². The quantitative estimate of drug-likeness (QED) is 0.905. The number of rotatable bonds is 5. The molecule has 0 spiro atoms. The molecular formula is C13H13N3O3S. The van der Waals surface area contributed by atoms with Gasteiger partial charge in [0.05, 0.1) is 5.56 Å². The molecule has 2 aromatic heterocycles. The molecule has 0 saturated carbocycles. The highest BCUT2D eigenvalue weighted by Gasteiger charge is 2.14. The van der Waals surface area contributed by atoms with E-state index in [1.807, 2.05) is 6.92 Å². The average Bonchev–Trinajstić information content (AvgIpc) is 2.44. The molecule has 0 atom stereocenters. The Kier molecular flexibility index (Phi) is 4.52. The van der Waals surface area contributed by atoms with Crippen molar-refractivity contribution in [3.05, 3.63) is 46.6 Å². The van der Waals surface area contributed by atoms with Crippen LogP contribution in [0.4, 0.5) is 0 Å². The van der Waals surface area contributed by atoms with Crippen molar-refractivity contribution >= 4 is 17.7 Å². The molecule has 0 amide bonds. The molecule has 6 nitrogen and oxygen atoms in total. The Balaban J connectivity index is 2.38. The van der Waals surface area contributed by atoms with E-state index in [4.69, 9.17) is 5.11 Å². The molecule has 0 unspecified atom stereocenters. The number of hydrogen-bond acceptors (Lipinski definition) is 5. The van der Waals surface area contributed by atoms with Gasteiger partial charge in [-0.3, -0.25) is 4.79 Å². The Morgan fingerprint density at radius 3 is 2.80 bits per heavy atom. The molecule has 104 valence electrons. The summed E-state index contributed by atoms with van der Waals surface area (Å²) in [4.78, 5) is 31.3. The van der Waals surface area contributed by atoms with Gasteiger partial charge in [-0.2, -0.15) is 0 Å². The number of nitrogens with zero attached hydrogens (tertiary/aromatic N) is 3. The summed E-state index contributed by atoms with van der Waals surface area (Å²) < 4.78 is 1.55. The van der Waals surface area contributed by atoms with Crippen LogP contribution in [0.1, 0.15) is 23.7 Å². The van der Waals surface area contributed by atoms with Crippen molar-refractivity contribution in [3.8, 4) is 0 Å². The molecule has 0 fully saturated rings. The second kappa shape index (κ2) is 6.33. The van der Waals surface area contributed by atoms with Gasteiger partial charge in [0.15, 0.2) is 5.03 Å². The van der Waals surface area contributed by atoms with Crippen molar-refractivity contribution in [3.63, 3.8) is 0 Å². The third-order valence-corrected chi connectivity index (χ3v) is 3.53. The van der Waals surface area contributed by atoms with Gasteiger partial charge in [-0.1, -0.05) is 6.92 Å².